The van der Waals surface area contributed by atoms with Crippen molar-refractivity contribution in [2.24, 2.45) is 0 Å². The SMILES string of the molecule is C/C=C/C=C/C(=O)N(C)Cc1cnn(-c2ccccc2)c1. The van der Waals surface area contributed by atoms with Gasteiger partial charge in [0.1, 0.15) is 0 Å². The smallest absolute Gasteiger partial charge is 0.246 e. The summed E-state index contributed by atoms with van der Waals surface area (Å²) < 4.78 is 1.81. The molecule has 1 aromatic heterocycles. The Hall–Kier alpha value is -2.62. The minimum atomic E-state index is -0.0273. The average Bonchev–Trinajstić information content (AvgIpc) is 2.97. The van der Waals surface area contributed by atoms with E-state index < -0.39 is 0 Å². The van der Waals surface area contributed by atoms with E-state index >= 15 is 0 Å². The monoisotopic (exact) mass is 281 g/mol. The van der Waals surface area contributed by atoms with Gasteiger partial charge in [-0.1, -0.05) is 36.4 Å². The van der Waals surface area contributed by atoms with Crippen LogP contribution in [-0.4, -0.2) is 27.6 Å². The molecular weight excluding hydrogens is 262 g/mol. The van der Waals surface area contributed by atoms with Crippen molar-refractivity contribution in [2.75, 3.05) is 7.05 Å². The van der Waals surface area contributed by atoms with Crippen molar-refractivity contribution in [3.05, 3.63) is 72.6 Å². The summed E-state index contributed by atoms with van der Waals surface area (Å²) in [4.78, 5) is 13.5. The maximum atomic E-state index is 11.9. The number of hydrogen-bond acceptors (Lipinski definition) is 2. The molecular formula is C17H19N3O. The predicted molar refractivity (Wildman–Crippen MR) is 84.0 cm³/mol. The lowest BCUT2D eigenvalue weighted by molar-refractivity contribution is -0.125. The fourth-order valence-electron chi connectivity index (χ4n) is 1.89. The van der Waals surface area contributed by atoms with Crippen molar-refractivity contribution < 1.29 is 4.79 Å². The molecule has 0 aliphatic heterocycles. The molecule has 21 heavy (non-hydrogen) atoms. The van der Waals surface area contributed by atoms with E-state index in [1.54, 1.807) is 30.3 Å². The van der Waals surface area contributed by atoms with Gasteiger partial charge in [0.25, 0.3) is 0 Å². The summed E-state index contributed by atoms with van der Waals surface area (Å²) in [5.41, 5.74) is 2.00. The highest BCUT2D eigenvalue weighted by atomic mass is 16.2. The Morgan fingerprint density at radius 1 is 1.29 bits per heavy atom. The number of likely N-dealkylation sites (N-methyl/N-ethyl adjacent to an activating group) is 1. The summed E-state index contributed by atoms with van der Waals surface area (Å²) in [6.45, 7) is 2.45. The maximum absolute atomic E-state index is 11.9. The van der Waals surface area contributed by atoms with Gasteiger partial charge in [-0.05, 0) is 19.1 Å². The quantitative estimate of drug-likeness (QED) is 0.624. The normalized spacial score (nSPS) is 11.3. The van der Waals surface area contributed by atoms with E-state index in [9.17, 15) is 4.79 Å². The molecule has 0 saturated heterocycles. The van der Waals surface area contributed by atoms with E-state index in [1.807, 2.05) is 60.3 Å². The van der Waals surface area contributed by atoms with Crippen LogP contribution in [0.3, 0.4) is 0 Å². The van der Waals surface area contributed by atoms with Crippen LogP contribution in [0.25, 0.3) is 5.69 Å². The molecule has 0 aliphatic rings. The van der Waals surface area contributed by atoms with Crippen LogP contribution in [0.2, 0.25) is 0 Å². The fourth-order valence-corrected chi connectivity index (χ4v) is 1.89. The first-order valence-electron chi connectivity index (χ1n) is 6.84. The van der Waals surface area contributed by atoms with Gasteiger partial charge in [-0.25, -0.2) is 4.68 Å². The topological polar surface area (TPSA) is 38.1 Å². The third kappa shape index (κ3) is 4.18. The molecule has 0 atom stereocenters. The van der Waals surface area contributed by atoms with Crippen molar-refractivity contribution in [1.29, 1.82) is 0 Å². The fraction of sp³-hybridized carbons (Fsp3) is 0.176. The van der Waals surface area contributed by atoms with Gasteiger partial charge >= 0.3 is 0 Å². The molecule has 1 aromatic carbocycles. The van der Waals surface area contributed by atoms with Gasteiger partial charge in [0.2, 0.25) is 5.91 Å². The molecule has 4 nitrogen and oxygen atoms in total. The number of nitrogens with zero attached hydrogens (tertiary/aromatic N) is 3. The van der Waals surface area contributed by atoms with E-state index in [1.165, 1.54) is 0 Å². The molecule has 0 aliphatic carbocycles. The minimum absolute atomic E-state index is 0.0273. The Morgan fingerprint density at radius 2 is 2.05 bits per heavy atom. The first kappa shape index (κ1) is 14.8. The van der Waals surface area contributed by atoms with Gasteiger partial charge in [-0.3, -0.25) is 4.79 Å². The Labute approximate surface area is 125 Å². The number of rotatable bonds is 5. The van der Waals surface area contributed by atoms with Crippen LogP contribution >= 0.6 is 0 Å². The second kappa shape index (κ2) is 7.24. The number of benzene rings is 1. The molecule has 2 aromatic rings. The van der Waals surface area contributed by atoms with E-state index in [-0.39, 0.29) is 5.91 Å². The van der Waals surface area contributed by atoms with Gasteiger partial charge in [-0.2, -0.15) is 5.10 Å². The predicted octanol–water partition coefficient (Wildman–Crippen LogP) is 2.96. The zero-order valence-corrected chi connectivity index (χ0v) is 12.3. The van der Waals surface area contributed by atoms with Crippen LogP contribution < -0.4 is 0 Å². The molecule has 108 valence electrons. The molecule has 0 spiro atoms. The van der Waals surface area contributed by atoms with E-state index in [0.29, 0.717) is 6.54 Å². The van der Waals surface area contributed by atoms with Crippen LogP contribution in [0, 0.1) is 0 Å². The number of aromatic nitrogens is 2. The van der Waals surface area contributed by atoms with Crippen LogP contribution in [0.1, 0.15) is 12.5 Å². The summed E-state index contributed by atoms with van der Waals surface area (Å²) in [6.07, 6.45) is 10.7. The third-order valence-electron chi connectivity index (χ3n) is 3.00. The molecule has 0 fully saturated rings. The zero-order chi connectivity index (χ0) is 15.1. The van der Waals surface area contributed by atoms with E-state index in [4.69, 9.17) is 0 Å². The number of para-hydroxylation sites is 1. The minimum Gasteiger partial charge on any atom is -0.338 e. The van der Waals surface area contributed by atoms with E-state index in [0.717, 1.165) is 11.3 Å². The lowest BCUT2D eigenvalue weighted by atomic mass is 10.3. The van der Waals surface area contributed by atoms with Crippen molar-refractivity contribution in [1.82, 2.24) is 14.7 Å². The summed E-state index contributed by atoms with van der Waals surface area (Å²) in [7, 11) is 1.78. The molecule has 0 radical (unpaired) electrons. The number of carbonyl (C=O) groups excluding carboxylic acids is 1. The number of allylic oxidation sites excluding steroid dienone is 3. The first-order valence-corrected chi connectivity index (χ1v) is 6.84. The molecule has 4 heteroatoms. The van der Waals surface area contributed by atoms with Crippen LogP contribution in [0.4, 0.5) is 0 Å². The highest BCUT2D eigenvalue weighted by Gasteiger charge is 2.07. The van der Waals surface area contributed by atoms with Gasteiger partial charge in [0, 0.05) is 31.4 Å². The van der Waals surface area contributed by atoms with Crippen LogP contribution in [0.15, 0.2) is 67.0 Å². The van der Waals surface area contributed by atoms with Crippen LogP contribution in [0.5, 0.6) is 0 Å². The second-order valence-electron chi connectivity index (χ2n) is 4.71. The van der Waals surface area contributed by atoms with Gasteiger partial charge in [0.05, 0.1) is 11.9 Å². The van der Waals surface area contributed by atoms with E-state index in [2.05, 4.69) is 5.10 Å². The van der Waals surface area contributed by atoms with Crippen molar-refractivity contribution in [3.63, 3.8) is 0 Å². The summed E-state index contributed by atoms with van der Waals surface area (Å²) >= 11 is 0. The lowest BCUT2D eigenvalue weighted by Gasteiger charge is -2.13. The van der Waals surface area contributed by atoms with Crippen molar-refractivity contribution in [2.45, 2.75) is 13.5 Å². The van der Waals surface area contributed by atoms with Crippen LogP contribution in [-0.2, 0) is 11.3 Å². The summed E-state index contributed by atoms with van der Waals surface area (Å²) in [5, 5.41) is 4.32. The molecule has 0 N–H and O–H groups in total. The Kier molecular flexibility index (Phi) is 5.10. The average molecular weight is 281 g/mol. The maximum Gasteiger partial charge on any atom is 0.246 e. The standard InChI is InChI=1S/C17H19N3O/c1-3-4-6-11-17(21)19(2)13-15-12-18-20(14-15)16-9-7-5-8-10-16/h3-12,14H,13H2,1-2H3/b4-3+,11-6+. The largest absolute Gasteiger partial charge is 0.338 e. The Balaban J connectivity index is 2.01. The third-order valence-corrected chi connectivity index (χ3v) is 3.00. The molecule has 2 rings (SSSR count). The lowest BCUT2D eigenvalue weighted by Crippen LogP contribution is -2.23. The Bertz CT molecular complexity index is 641. The molecule has 0 bridgehead atoms. The molecule has 0 unspecified atom stereocenters. The van der Waals surface area contributed by atoms with Crippen molar-refractivity contribution in [3.8, 4) is 5.69 Å². The zero-order valence-electron chi connectivity index (χ0n) is 12.3. The molecule has 0 saturated carbocycles. The Morgan fingerprint density at radius 3 is 2.76 bits per heavy atom. The summed E-state index contributed by atoms with van der Waals surface area (Å²) in [6, 6.07) is 9.89. The highest BCUT2D eigenvalue weighted by Crippen LogP contribution is 2.09. The van der Waals surface area contributed by atoms with Gasteiger partial charge < -0.3 is 4.90 Å². The number of carbonyl (C=O) groups is 1. The van der Waals surface area contributed by atoms with Gasteiger partial charge in [0.15, 0.2) is 0 Å². The number of hydrogen-bond donors (Lipinski definition) is 0. The summed E-state index contributed by atoms with van der Waals surface area (Å²) in [5.74, 6) is -0.0273. The number of amides is 1. The van der Waals surface area contributed by atoms with Crippen molar-refractivity contribution >= 4 is 5.91 Å². The first-order chi connectivity index (χ1) is 10.2. The highest BCUT2D eigenvalue weighted by molar-refractivity contribution is 5.87. The second-order valence-corrected chi connectivity index (χ2v) is 4.71. The van der Waals surface area contributed by atoms with Gasteiger partial charge in [-0.15, -0.1) is 0 Å². The molecule has 1 heterocycles. The molecule has 1 amide bonds.